The maximum absolute atomic E-state index is 14.2. The van der Waals surface area contributed by atoms with Crippen molar-refractivity contribution in [2.24, 2.45) is 0 Å². The standard InChI is InChI=1S/C13H13F3O2S/c1-6-8(17)5-10(19-6)11(14)7-3-4-9(18-2)13(16)12(7)15/h3-4,6,10-11H,5H2,1-2H3. The maximum atomic E-state index is 14.2. The number of hydrogen-bond acceptors (Lipinski definition) is 3. The summed E-state index contributed by atoms with van der Waals surface area (Å²) in [5.41, 5.74) is -0.363. The van der Waals surface area contributed by atoms with Crippen LogP contribution in [0, 0.1) is 11.6 Å². The number of hydrogen-bond donors (Lipinski definition) is 0. The van der Waals surface area contributed by atoms with E-state index >= 15 is 0 Å². The van der Waals surface area contributed by atoms with Crippen LogP contribution in [0.25, 0.3) is 0 Å². The number of carbonyl (C=O) groups is 1. The van der Waals surface area contributed by atoms with Gasteiger partial charge in [0.05, 0.1) is 12.4 Å². The van der Waals surface area contributed by atoms with Gasteiger partial charge >= 0.3 is 0 Å². The topological polar surface area (TPSA) is 26.3 Å². The Bertz CT molecular complexity index is 507. The average molecular weight is 290 g/mol. The number of halogens is 3. The lowest BCUT2D eigenvalue weighted by molar-refractivity contribution is -0.117. The smallest absolute Gasteiger partial charge is 0.200 e. The van der Waals surface area contributed by atoms with Gasteiger partial charge < -0.3 is 4.74 Å². The molecule has 0 bridgehead atoms. The first-order valence-electron chi connectivity index (χ1n) is 5.79. The number of rotatable bonds is 3. The molecule has 3 atom stereocenters. The predicted molar refractivity (Wildman–Crippen MR) is 67.2 cm³/mol. The first-order valence-corrected chi connectivity index (χ1v) is 6.74. The van der Waals surface area contributed by atoms with E-state index in [1.165, 1.54) is 13.2 Å². The average Bonchev–Trinajstić information content (AvgIpc) is 2.72. The molecule has 6 heteroatoms. The Kier molecular flexibility index (Phi) is 4.08. The van der Waals surface area contributed by atoms with Crippen molar-refractivity contribution < 1.29 is 22.7 Å². The number of ketones is 1. The number of Topliss-reactive ketones (excluding diaryl/α,β-unsaturated/α-hetero) is 1. The summed E-state index contributed by atoms with van der Waals surface area (Å²) in [6, 6.07) is 2.35. The molecule has 2 nitrogen and oxygen atoms in total. The maximum Gasteiger partial charge on any atom is 0.200 e. The monoisotopic (exact) mass is 290 g/mol. The Morgan fingerprint density at radius 3 is 2.58 bits per heavy atom. The van der Waals surface area contributed by atoms with Crippen molar-refractivity contribution in [3.8, 4) is 5.75 Å². The van der Waals surface area contributed by atoms with Crippen LogP contribution in [0.2, 0.25) is 0 Å². The van der Waals surface area contributed by atoms with Gasteiger partial charge in [-0.2, -0.15) is 4.39 Å². The number of benzene rings is 1. The summed E-state index contributed by atoms with van der Waals surface area (Å²) in [6.45, 7) is 1.69. The summed E-state index contributed by atoms with van der Waals surface area (Å²) in [4.78, 5) is 11.4. The highest BCUT2D eigenvalue weighted by Gasteiger charge is 2.37. The minimum absolute atomic E-state index is 0.0418. The fourth-order valence-corrected chi connectivity index (χ4v) is 3.36. The summed E-state index contributed by atoms with van der Waals surface area (Å²) in [5, 5.41) is -0.959. The third-order valence-corrected chi connectivity index (χ3v) is 4.58. The Labute approximate surface area is 113 Å². The van der Waals surface area contributed by atoms with E-state index in [2.05, 4.69) is 4.74 Å². The van der Waals surface area contributed by atoms with Crippen LogP contribution in [0.1, 0.15) is 25.1 Å². The molecule has 1 saturated heterocycles. The number of alkyl halides is 1. The van der Waals surface area contributed by atoms with E-state index in [0.717, 1.165) is 17.8 Å². The molecule has 0 amide bonds. The minimum atomic E-state index is -1.71. The molecule has 1 fully saturated rings. The van der Waals surface area contributed by atoms with E-state index in [0.29, 0.717) is 0 Å². The second-order valence-electron chi connectivity index (χ2n) is 4.37. The van der Waals surface area contributed by atoms with Gasteiger partial charge in [0.1, 0.15) is 12.0 Å². The van der Waals surface area contributed by atoms with Crippen LogP contribution < -0.4 is 4.74 Å². The van der Waals surface area contributed by atoms with Crippen molar-refractivity contribution >= 4 is 17.5 Å². The molecule has 3 unspecified atom stereocenters. The van der Waals surface area contributed by atoms with E-state index in [1.54, 1.807) is 6.92 Å². The number of methoxy groups -OCH3 is 1. The van der Waals surface area contributed by atoms with Crippen molar-refractivity contribution in [1.29, 1.82) is 0 Å². The molecule has 1 heterocycles. The second-order valence-corrected chi connectivity index (χ2v) is 5.96. The van der Waals surface area contributed by atoms with E-state index in [4.69, 9.17) is 0 Å². The molecular weight excluding hydrogens is 277 g/mol. The molecule has 19 heavy (non-hydrogen) atoms. The summed E-state index contributed by atoms with van der Waals surface area (Å²) >= 11 is 1.16. The first kappa shape index (κ1) is 14.2. The van der Waals surface area contributed by atoms with Crippen molar-refractivity contribution in [2.45, 2.75) is 30.0 Å². The summed E-state index contributed by atoms with van der Waals surface area (Å²) < 4.78 is 46.1. The van der Waals surface area contributed by atoms with Gasteiger partial charge in [-0.3, -0.25) is 4.79 Å². The molecule has 1 aromatic carbocycles. The van der Waals surface area contributed by atoms with E-state index in [9.17, 15) is 18.0 Å². The quantitative estimate of drug-likeness (QED) is 0.853. The van der Waals surface area contributed by atoms with Crippen LogP contribution in [0.15, 0.2) is 12.1 Å². The first-order chi connectivity index (χ1) is 8.95. The van der Waals surface area contributed by atoms with Crippen LogP contribution in [0.5, 0.6) is 5.75 Å². The molecule has 2 rings (SSSR count). The Morgan fingerprint density at radius 1 is 1.37 bits per heavy atom. The number of carbonyl (C=O) groups excluding carboxylic acids is 1. The molecule has 0 N–H and O–H groups in total. The molecule has 1 aliphatic heterocycles. The predicted octanol–water partition coefficient (Wildman–Crippen LogP) is 3.45. The van der Waals surface area contributed by atoms with Gasteiger partial charge in [-0.25, -0.2) is 8.78 Å². The fourth-order valence-electron chi connectivity index (χ4n) is 2.04. The SMILES string of the molecule is COc1ccc(C(F)C2CC(=O)C(C)S2)c(F)c1F. The van der Waals surface area contributed by atoms with Crippen LogP contribution in [0.4, 0.5) is 13.2 Å². The third-order valence-electron chi connectivity index (χ3n) is 3.15. The van der Waals surface area contributed by atoms with Crippen molar-refractivity contribution in [3.05, 3.63) is 29.3 Å². The largest absolute Gasteiger partial charge is 0.494 e. The van der Waals surface area contributed by atoms with Gasteiger partial charge in [0, 0.05) is 17.2 Å². The van der Waals surface area contributed by atoms with E-state index < -0.39 is 23.1 Å². The van der Waals surface area contributed by atoms with E-state index in [-0.39, 0.29) is 28.8 Å². The zero-order valence-electron chi connectivity index (χ0n) is 10.5. The Balaban J connectivity index is 2.27. The molecule has 0 spiro atoms. The van der Waals surface area contributed by atoms with E-state index in [1.807, 2.05) is 0 Å². The van der Waals surface area contributed by atoms with Crippen molar-refractivity contribution in [3.63, 3.8) is 0 Å². The number of thioether (sulfide) groups is 1. The summed E-state index contributed by atoms with van der Waals surface area (Å²) in [6.07, 6.45) is -1.67. The Morgan fingerprint density at radius 2 is 2.05 bits per heavy atom. The fraction of sp³-hybridized carbons (Fsp3) is 0.462. The molecular formula is C13H13F3O2S. The van der Waals surface area contributed by atoms with Gasteiger partial charge in [-0.15, -0.1) is 11.8 Å². The van der Waals surface area contributed by atoms with Crippen LogP contribution in [-0.2, 0) is 4.79 Å². The summed E-state index contributed by atoms with van der Waals surface area (Å²) in [5.74, 6) is -2.78. The molecule has 104 valence electrons. The third kappa shape index (κ3) is 2.59. The van der Waals surface area contributed by atoms with Crippen molar-refractivity contribution in [1.82, 2.24) is 0 Å². The zero-order valence-corrected chi connectivity index (χ0v) is 11.3. The lowest BCUT2D eigenvalue weighted by atomic mass is 10.0. The second kappa shape index (κ2) is 5.45. The highest BCUT2D eigenvalue weighted by atomic mass is 32.2. The number of ether oxygens (including phenoxy) is 1. The molecule has 1 aromatic rings. The zero-order chi connectivity index (χ0) is 14.2. The normalized spacial score (nSPS) is 24.6. The molecule has 0 aliphatic carbocycles. The lowest BCUT2D eigenvalue weighted by Crippen LogP contribution is -2.12. The van der Waals surface area contributed by atoms with Gasteiger partial charge in [0.25, 0.3) is 0 Å². The summed E-state index contributed by atoms with van der Waals surface area (Å²) in [7, 11) is 1.21. The molecule has 0 aromatic heterocycles. The lowest BCUT2D eigenvalue weighted by Gasteiger charge is -2.16. The van der Waals surface area contributed by atoms with Gasteiger partial charge in [-0.1, -0.05) is 0 Å². The highest BCUT2D eigenvalue weighted by molar-refractivity contribution is 8.01. The van der Waals surface area contributed by atoms with Crippen LogP contribution in [0.3, 0.4) is 0 Å². The van der Waals surface area contributed by atoms with Crippen LogP contribution >= 0.6 is 11.8 Å². The minimum Gasteiger partial charge on any atom is -0.494 e. The Hall–Kier alpha value is -1.17. The highest BCUT2D eigenvalue weighted by Crippen LogP contribution is 2.42. The van der Waals surface area contributed by atoms with Crippen LogP contribution in [-0.4, -0.2) is 23.4 Å². The molecule has 1 aliphatic rings. The van der Waals surface area contributed by atoms with Gasteiger partial charge in [0.15, 0.2) is 11.6 Å². The molecule has 0 radical (unpaired) electrons. The molecule has 0 saturated carbocycles. The van der Waals surface area contributed by atoms with Crippen molar-refractivity contribution in [2.75, 3.05) is 7.11 Å². The van der Waals surface area contributed by atoms with Gasteiger partial charge in [-0.05, 0) is 19.1 Å². The van der Waals surface area contributed by atoms with Gasteiger partial charge in [0.2, 0.25) is 5.82 Å².